The van der Waals surface area contributed by atoms with Gasteiger partial charge >= 0.3 is 7.82 Å². The number of amides is 1. The highest BCUT2D eigenvalue weighted by molar-refractivity contribution is 7.47. The minimum atomic E-state index is -4.35. The van der Waals surface area contributed by atoms with Crippen LogP contribution in [-0.4, -0.2) is 73.4 Å². The van der Waals surface area contributed by atoms with Gasteiger partial charge in [0.25, 0.3) is 0 Å². The van der Waals surface area contributed by atoms with Crippen molar-refractivity contribution in [3.8, 4) is 0 Å². The van der Waals surface area contributed by atoms with Crippen LogP contribution >= 0.6 is 7.82 Å². The molecule has 0 heterocycles. The van der Waals surface area contributed by atoms with Crippen molar-refractivity contribution in [3.63, 3.8) is 0 Å². The zero-order chi connectivity index (χ0) is 48.5. The van der Waals surface area contributed by atoms with Gasteiger partial charge in [0.05, 0.1) is 39.9 Å². The number of carbonyl (C=O) groups is 1. The number of allylic oxidation sites excluding steroid dienone is 9. The molecule has 0 aliphatic heterocycles. The number of hydrogen-bond acceptors (Lipinski definition) is 5. The Hall–Kier alpha value is -1.80. The number of aliphatic hydroxyl groups excluding tert-OH is 1. The molecule has 8 nitrogen and oxygen atoms in total. The molecule has 0 spiro atoms. The molecule has 0 aliphatic carbocycles. The van der Waals surface area contributed by atoms with E-state index in [4.69, 9.17) is 9.05 Å². The van der Waals surface area contributed by atoms with E-state index in [1.54, 1.807) is 0 Å². The largest absolute Gasteiger partial charge is 0.472 e. The lowest BCUT2D eigenvalue weighted by atomic mass is 10.0. The Bertz CT molecular complexity index is 1260. The fourth-order valence-corrected chi connectivity index (χ4v) is 8.73. The lowest BCUT2D eigenvalue weighted by Crippen LogP contribution is -2.46. The van der Waals surface area contributed by atoms with Crippen molar-refractivity contribution in [2.45, 2.75) is 257 Å². The van der Waals surface area contributed by atoms with E-state index >= 15 is 0 Å². The van der Waals surface area contributed by atoms with Gasteiger partial charge in [0.15, 0.2) is 0 Å². The van der Waals surface area contributed by atoms with Gasteiger partial charge in [-0.2, -0.15) is 0 Å². The standard InChI is InChI=1S/C57H107N2O6P/c1-6-8-10-12-14-16-18-20-22-23-24-25-26-27-28-29-30-31-32-33-34-35-37-38-40-42-44-46-48-50-56(60)55(54-65-66(62,63)64-53-52-59(3,4)5)58-57(61)51-49-47-45-43-41-39-36-21-19-17-15-13-11-9-7-2/h9,11,15,17,21,36,41,43,47,49,55-56,60H,6-8,10,12-14,16,18-20,22-35,37-40,42,44-46,48,50-54H2,1-5H3,(H-,58,61,62,63)/p+1/b11-9-,17-15-,36-21-,43-41-,49-47-. The van der Waals surface area contributed by atoms with E-state index in [-0.39, 0.29) is 25.5 Å². The maximum Gasteiger partial charge on any atom is 0.472 e. The fourth-order valence-electron chi connectivity index (χ4n) is 8.00. The van der Waals surface area contributed by atoms with Gasteiger partial charge in [-0.15, -0.1) is 0 Å². The monoisotopic (exact) mass is 948 g/mol. The molecule has 9 heteroatoms. The number of hydrogen-bond donors (Lipinski definition) is 3. The van der Waals surface area contributed by atoms with Crippen molar-refractivity contribution in [2.75, 3.05) is 40.9 Å². The van der Waals surface area contributed by atoms with Gasteiger partial charge in [-0.05, 0) is 38.5 Å². The van der Waals surface area contributed by atoms with Crippen LogP contribution in [0, 0.1) is 0 Å². The second-order valence-corrected chi connectivity index (χ2v) is 21.4. The lowest BCUT2D eigenvalue weighted by Gasteiger charge is -2.26. The molecule has 3 unspecified atom stereocenters. The predicted octanol–water partition coefficient (Wildman–Crippen LogP) is 16.5. The number of unbranched alkanes of at least 4 members (excludes halogenated alkanes) is 28. The minimum absolute atomic E-state index is 0.0561. The molecule has 66 heavy (non-hydrogen) atoms. The van der Waals surface area contributed by atoms with E-state index in [2.05, 4.69) is 67.8 Å². The summed E-state index contributed by atoms with van der Waals surface area (Å²) in [4.78, 5) is 23.2. The first-order chi connectivity index (χ1) is 32.0. The number of carbonyl (C=O) groups excluding carboxylic acids is 1. The topological polar surface area (TPSA) is 105 Å². The van der Waals surface area contributed by atoms with Crippen LogP contribution in [0.4, 0.5) is 0 Å². The summed E-state index contributed by atoms with van der Waals surface area (Å²) in [6, 6.07) is -0.818. The van der Waals surface area contributed by atoms with Crippen LogP contribution < -0.4 is 5.32 Å². The lowest BCUT2D eigenvalue weighted by molar-refractivity contribution is -0.870. The average molecular weight is 948 g/mol. The third-order valence-corrected chi connectivity index (χ3v) is 13.3. The van der Waals surface area contributed by atoms with Crippen molar-refractivity contribution in [1.29, 1.82) is 0 Å². The zero-order valence-electron chi connectivity index (χ0n) is 43.9. The molecule has 386 valence electrons. The first kappa shape index (κ1) is 64.2. The Labute approximate surface area is 409 Å². The molecule has 0 aromatic heterocycles. The van der Waals surface area contributed by atoms with E-state index in [0.717, 1.165) is 51.4 Å². The summed E-state index contributed by atoms with van der Waals surface area (Å²) in [7, 11) is 1.56. The third kappa shape index (κ3) is 50.1. The van der Waals surface area contributed by atoms with Crippen LogP contribution in [0.15, 0.2) is 60.8 Å². The third-order valence-electron chi connectivity index (χ3n) is 12.3. The van der Waals surface area contributed by atoms with E-state index < -0.39 is 20.0 Å². The van der Waals surface area contributed by atoms with Crippen molar-refractivity contribution in [3.05, 3.63) is 60.8 Å². The van der Waals surface area contributed by atoms with Gasteiger partial charge in [-0.25, -0.2) is 4.57 Å². The van der Waals surface area contributed by atoms with Crippen LogP contribution in [0.1, 0.15) is 245 Å². The second kappa shape index (κ2) is 48.2. The van der Waals surface area contributed by atoms with Crippen LogP contribution in [0.3, 0.4) is 0 Å². The first-order valence-corrected chi connectivity index (χ1v) is 29.1. The number of phosphoric ester groups is 1. The van der Waals surface area contributed by atoms with Gasteiger partial charge in [-0.1, -0.05) is 261 Å². The minimum Gasteiger partial charge on any atom is -0.391 e. The quantitative estimate of drug-likeness (QED) is 0.0243. The van der Waals surface area contributed by atoms with Crippen molar-refractivity contribution < 1.29 is 32.9 Å². The molecule has 3 atom stereocenters. The number of quaternary nitrogens is 1. The molecular weight excluding hydrogens is 840 g/mol. The summed E-state index contributed by atoms with van der Waals surface area (Å²) in [5, 5.41) is 13.9. The molecule has 1 amide bonds. The molecule has 0 saturated heterocycles. The molecule has 0 bridgehead atoms. The summed E-state index contributed by atoms with van der Waals surface area (Å²) in [6.45, 7) is 4.71. The fraction of sp³-hybridized carbons (Fsp3) is 0.807. The SMILES string of the molecule is CC/C=C\C/C=C\C/C=C\C/C=C\C/C=C\CC(=O)NC(COP(=O)(O)OCC[N+](C)(C)C)C(O)CCCCCCCCCCCCCCCCCCCCCCCCCCCCCCC. The number of nitrogens with one attached hydrogen (secondary N) is 1. The van der Waals surface area contributed by atoms with Gasteiger partial charge in [0.1, 0.15) is 13.2 Å². The maximum absolute atomic E-state index is 12.9. The summed E-state index contributed by atoms with van der Waals surface area (Å²) in [6.07, 6.45) is 64.7. The Kier molecular flexibility index (Phi) is 46.9. The Morgan fingerprint density at radius 2 is 0.848 bits per heavy atom. The summed E-state index contributed by atoms with van der Waals surface area (Å²) >= 11 is 0. The average Bonchev–Trinajstić information content (AvgIpc) is 3.28. The van der Waals surface area contributed by atoms with Crippen molar-refractivity contribution >= 4 is 13.7 Å². The second-order valence-electron chi connectivity index (χ2n) is 20.0. The van der Waals surface area contributed by atoms with Crippen LogP contribution in [0.5, 0.6) is 0 Å². The van der Waals surface area contributed by atoms with Crippen LogP contribution in [0.2, 0.25) is 0 Å². The van der Waals surface area contributed by atoms with E-state index in [1.165, 1.54) is 167 Å². The molecular formula is C57H108N2O6P+. The number of likely N-dealkylation sites (N-methyl/N-ethyl adjacent to an activating group) is 1. The Morgan fingerprint density at radius 3 is 1.20 bits per heavy atom. The van der Waals surface area contributed by atoms with Crippen LogP contribution in [0.25, 0.3) is 0 Å². The molecule has 0 saturated carbocycles. The van der Waals surface area contributed by atoms with Crippen LogP contribution in [-0.2, 0) is 18.4 Å². The molecule has 0 fully saturated rings. The Balaban J connectivity index is 4.16. The van der Waals surface area contributed by atoms with Gasteiger partial charge < -0.3 is 19.8 Å². The molecule has 0 aliphatic rings. The van der Waals surface area contributed by atoms with E-state index in [1.807, 2.05) is 33.3 Å². The van der Waals surface area contributed by atoms with Gasteiger partial charge in [0, 0.05) is 6.42 Å². The smallest absolute Gasteiger partial charge is 0.391 e. The highest BCUT2D eigenvalue weighted by Crippen LogP contribution is 2.43. The first-order valence-electron chi connectivity index (χ1n) is 27.7. The highest BCUT2D eigenvalue weighted by Gasteiger charge is 2.28. The zero-order valence-corrected chi connectivity index (χ0v) is 44.8. The summed E-state index contributed by atoms with van der Waals surface area (Å²) in [5.41, 5.74) is 0. The number of phosphoric acid groups is 1. The number of aliphatic hydroxyl groups is 1. The molecule has 0 aromatic carbocycles. The van der Waals surface area contributed by atoms with Crippen molar-refractivity contribution in [2.24, 2.45) is 0 Å². The normalized spacial score (nSPS) is 14.5. The number of rotatable bonds is 50. The summed E-state index contributed by atoms with van der Waals surface area (Å²) < 4.78 is 23.7. The molecule has 0 aromatic rings. The van der Waals surface area contributed by atoms with E-state index in [0.29, 0.717) is 17.4 Å². The van der Waals surface area contributed by atoms with Gasteiger partial charge in [-0.3, -0.25) is 13.8 Å². The molecule has 0 rings (SSSR count). The molecule has 3 N–H and O–H groups in total. The van der Waals surface area contributed by atoms with E-state index in [9.17, 15) is 19.4 Å². The Morgan fingerprint density at radius 1 is 0.515 bits per heavy atom. The maximum atomic E-state index is 12.9. The predicted molar refractivity (Wildman–Crippen MR) is 286 cm³/mol. The number of nitrogens with zero attached hydrogens (tertiary/aromatic N) is 1. The molecule has 0 radical (unpaired) electrons. The van der Waals surface area contributed by atoms with Gasteiger partial charge in [0.2, 0.25) is 5.91 Å². The van der Waals surface area contributed by atoms with Crippen molar-refractivity contribution in [1.82, 2.24) is 5.32 Å². The highest BCUT2D eigenvalue weighted by atomic mass is 31.2. The summed E-state index contributed by atoms with van der Waals surface area (Å²) in [5.74, 6) is -0.270.